The highest BCUT2D eigenvalue weighted by Crippen LogP contribution is 2.30. The third-order valence-corrected chi connectivity index (χ3v) is 5.09. The molecule has 0 spiro atoms. The Morgan fingerprint density at radius 3 is 2.57 bits per heavy atom. The van der Waals surface area contributed by atoms with Crippen molar-refractivity contribution in [2.24, 2.45) is 0 Å². The fraction of sp³-hybridized carbons (Fsp3) is 0.348. The SMILES string of the molecule is Cc1c(CCC(=O)O)ccc(OCc2cc(F)cc3cc(C(C)C)oc23)c1C. The number of rotatable bonds is 7. The van der Waals surface area contributed by atoms with Gasteiger partial charge in [-0.2, -0.15) is 0 Å². The molecule has 0 aliphatic heterocycles. The van der Waals surface area contributed by atoms with Gasteiger partial charge in [-0.05, 0) is 61.2 Å². The van der Waals surface area contributed by atoms with Crippen LogP contribution in [0.2, 0.25) is 0 Å². The Bertz CT molecular complexity index is 1020. The molecule has 0 bridgehead atoms. The maximum Gasteiger partial charge on any atom is 0.303 e. The van der Waals surface area contributed by atoms with Gasteiger partial charge in [0.25, 0.3) is 0 Å². The summed E-state index contributed by atoms with van der Waals surface area (Å²) in [5, 5.41) is 9.62. The number of aryl methyl sites for hydroxylation is 1. The number of carboxylic acid groups (broad SMARTS) is 1. The van der Waals surface area contributed by atoms with Crippen LogP contribution >= 0.6 is 0 Å². The minimum atomic E-state index is -0.813. The van der Waals surface area contributed by atoms with Crippen molar-refractivity contribution < 1.29 is 23.4 Å². The lowest BCUT2D eigenvalue weighted by Gasteiger charge is -2.14. The van der Waals surface area contributed by atoms with Gasteiger partial charge in [-0.1, -0.05) is 19.9 Å². The summed E-state index contributed by atoms with van der Waals surface area (Å²) in [6, 6.07) is 8.53. The van der Waals surface area contributed by atoms with Crippen molar-refractivity contribution in [2.75, 3.05) is 0 Å². The number of hydrogen-bond donors (Lipinski definition) is 1. The molecule has 0 atom stereocenters. The Balaban J connectivity index is 1.84. The number of benzene rings is 2. The minimum Gasteiger partial charge on any atom is -0.488 e. The first-order valence-corrected chi connectivity index (χ1v) is 9.41. The van der Waals surface area contributed by atoms with Gasteiger partial charge in [0, 0.05) is 23.3 Å². The third-order valence-electron chi connectivity index (χ3n) is 5.09. The Morgan fingerprint density at radius 2 is 1.89 bits per heavy atom. The first kappa shape index (κ1) is 19.9. The summed E-state index contributed by atoms with van der Waals surface area (Å²) in [4.78, 5) is 10.8. The molecule has 0 saturated heterocycles. The molecule has 0 unspecified atom stereocenters. The number of ether oxygens (including phenoxy) is 1. The van der Waals surface area contributed by atoms with Crippen LogP contribution in [0, 0.1) is 19.7 Å². The second kappa shape index (κ2) is 8.05. The minimum absolute atomic E-state index is 0.0957. The molecule has 0 fully saturated rings. The van der Waals surface area contributed by atoms with Crippen LogP contribution in [0.1, 0.15) is 54.2 Å². The highest BCUT2D eigenvalue weighted by atomic mass is 19.1. The topological polar surface area (TPSA) is 59.7 Å². The van der Waals surface area contributed by atoms with E-state index in [1.807, 2.05) is 45.9 Å². The number of furan rings is 1. The molecule has 1 heterocycles. The zero-order chi connectivity index (χ0) is 20.4. The van der Waals surface area contributed by atoms with Crippen molar-refractivity contribution in [3.8, 4) is 5.75 Å². The molecular weight excluding hydrogens is 359 g/mol. The van der Waals surface area contributed by atoms with Crippen molar-refractivity contribution >= 4 is 16.9 Å². The van der Waals surface area contributed by atoms with Gasteiger partial charge >= 0.3 is 5.97 Å². The Hall–Kier alpha value is -2.82. The van der Waals surface area contributed by atoms with Gasteiger partial charge in [-0.3, -0.25) is 4.79 Å². The largest absolute Gasteiger partial charge is 0.488 e. The van der Waals surface area contributed by atoms with Crippen molar-refractivity contribution in [1.82, 2.24) is 0 Å². The van der Waals surface area contributed by atoms with Gasteiger partial charge in [0.15, 0.2) is 0 Å². The van der Waals surface area contributed by atoms with Crippen LogP contribution in [-0.4, -0.2) is 11.1 Å². The van der Waals surface area contributed by atoms with Crippen LogP contribution in [0.3, 0.4) is 0 Å². The van der Waals surface area contributed by atoms with Gasteiger partial charge in [0.2, 0.25) is 0 Å². The molecule has 2 aromatic carbocycles. The molecule has 0 saturated carbocycles. The number of fused-ring (bicyclic) bond motifs is 1. The van der Waals surface area contributed by atoms with E-state index in [9.17, 15) is 9.18 Å². The number of hydrogen-bond acceptors (Lipinski definition) is 3. The predicted octanol–water partition coefficient (Wildman–Crippen LogP) is 5.91. The Labute approximate surface area is 163 Å². The lowest BCUT2D eigenvalue weighted by atomic mass is 9.99. The number of carbonyl (C=O) groups is 1. The smallest absolute Gasteiger partial charge is 0.303 e. The normalized spacial score (nSPS) is 11.4. The average Bonchev–Trinajstić information content (AvgIpc) is 3.06. The highest BCUT2D eigenvalue weighted by Gasteiger charge is 2.14. The van der Waals surface area contributed by atoms with E-state index in [1.165, 1.54) is 12.1 Å². The molecule has 0 radical (unpaired) electrons. The molecule has 148 valence electrons. The van der Waals surface area contributed by atoms with Gasteiger partial charge < -0.3 is 14.3 Å². The fourth-order valence-corrected chi connectivity index (χ4v) is 3.27. The average molecular weight is 384 g/mol. The van der Waals surface area contributed by atoms with E-state index in [-0.39, 0.29) is 24.8 Å². The Morgan fingerprint density at radius 1 is 1.14 bits per heavy atom. The molecule has 3 aromatic rings. The summed E-state index contributed by atoms with van der Waals surface area (Å²) in [5.41, 5.74) is 4.28. The number of carboxylic acids is 1. The van der Waals surface area contributed by atoms with E-state index in [0.29, 0.717) is 23.3 Å². The molecule has 0 amide bonds. The zero-order valence-electron chi connectivity index (χ0n) is 16.6. The molecule has 1 aromatic heterocycles. The Kier molecular flexibility index (Phi) is 5.73. The van der Waals surface area contributed by atoms with Crippen LogP contribution in [0.15, 0.2) is 34.7 Å². The number of aliphatic carboxylic acids is 1. The van der Waals surface area contributed by atoms with Crippen LogP contribution in [-0.2, 0) is 17.8 Å². The molecule has 3 rings (SSSR count). The van der Waals surface area contributed by atoms with Crippen LogP contribution in [0.5, 0.6) is 5.75 Å². The molecule has 0 aliphatic carbocycles. The second-order valence-electron chi connectivity index (χ2n) is 7.44. The van der Waals surface area contributed by atoms with Crippen molar-refractivity contribution in [1.29, 1.82) is 0 Å². The van der Waals surface area contributed by atoms with Crippen molar-refractivity contribution in [2.45, 2.75) is 53.1 Å². The lowest BCUT2D eigenvalue weighted by Crippen LogP contribution is -2.03. The van der Waals surface area contributed by atoms with E-state index in [4.69, 9.17) is 14.3 Å². The van der Waals surface area contributed by atoms with Gasteiger partial charge in [-0.15, -0.1) is 0 Å². The second-order valence-corrected chi connectivity index (χ2v) is 7.44. The monoisotopic (exact) mass is 384 g/mol. The first-order chi connectivity index (χ1) is 13.3. The van der Waals surface area contributed by atoms with Crippen LogP contribution in [0.4, 0.5) is 4.39 Å². The third kappa shape index (κ3) is 4.19. The van der Waals surface area contributed by atoms with E-state index in [2.05, 4.69) is 0 Å². The molecular formula is C23H25FO4. The summed E-state index contributed by atoms with van der Waals surface area (Å²) in [6.07, 6.45) is 0.579. The first-order valence-electron chi connectivity index (χ1n) is 9.41. The quantitative estimate of drug-likeness (QED) is 0.550. The summed E-state index contributed by atoms with van der Waals surface area (Å²) >= 11 is 0. The molecule has 5 heteroatoms. The molecule has 28 heavy (non-hydrogen) atoms. The van der Waals surface area contributed by atoms with Gasteiger partial charge in [0.05, 0.1) is 0 Å². The summed E-state index contributed by atoms with van der Waals surface area (Å²) in [6.45, 7) is 8.15. The molecule has 1 N–H and O–H groups in total. The molecule has 4 nitrogen and oxygen atoms in total. The lowest BCUT2D eigenvalue weighted by molar-refractivity contribution is -0.136. The van der Waals surface area contributed by atoms with Gasteiger partial charge in [-0.25, -0.2) is 4.39 Å². The number of halogens is 1. The van der Waals surface area contributed by atoms with Crippen LogP contribution in [0.25, 0.3) is 11.0 Å². The van der Waals surface area contributed by atoms with Crippen molar-refractivity contribution in [3.05, 3.63) is 64.2 Å². The van der Waals surface area contributed by atoms with E-state index in [0.717, 1.165) is 27.8 Å². The summed E-state index contributed by atoms with van der Waals surface area (Å²) < 4.78 is 25.9. The predicted molar refractivity (Wildman–Crippen MR) is 106 cm³/mol. The van der Waals surface area contributed by atoms with E-state index < -0.39 is 5.97 Å². The van der Waals surface area contributed by atoms with E-state index in [1.54, 1.807) is 0 Å². The van der Waals surface area contributed by atoms with E-state index >= 15 is 0 Å². The van der Waals surface area contributed by atoms with Crippen LogP contribution < -0.4 is 4.74 Å². The standard InChI is InChI=1S/C23H25FO4/c1-13(2)21-11-17-9-19(24)10-18(23(17)28-21)12-27-20-7-5-16(6-8-22(25)26)14(3)15(20)4/h5,7,9-11,13H,6,8,12H2,1-4H3,(H,25,26). The summed E-state index contributed by atoms with van der Waals surface area (Å²) in [7, 11) is 0. The van der Waals surface area contributed by atoms with Crippen molar-refractivity contribution in [3.63, 3.8) is 0 Å². The van der Waals surface area contributed by atoms with Gasteiger partial charge in [0.1, 0.15) is 29.5 Å². The fourth-order valence-electron chi connectivity index (χ4n) is 3.27. The molecule has 0 aliphatic rings. The highest BCUT2D eigenvalue weighted by molar-refractivity contribution is 5.81. The maximum absolute atomic E-state index is 14.0. The maximum atomic E-state index is 14.0. The zero-order valence-corrected chi connectivity index (χ0v) is 16.6. The summed E-state index contributed by atoms with van der Waals surface area (Å²) in [5.74, 6) is 0.597.